The molecule has 1 amide bonds. The maximum absolute atomic E-state index is 13.2. The molecule has 2 N–H and O–H groups in total. The summed E-state index contributed by atoms with van der Waals surface area (Å²) in [7, 11) is 0. The van der Waals surface area contributed by atoms with Gasteiger partial charge in [0.25, 0.3) is 5.69 Å². The molecule has 0 saturated carbocycles. The molecule has 0 atom stereocenters. The summed E-state index contributed by atoms with van der Waals surface area (Å²) in [6.45, 7) is 2.00. The molecule has 0 aliphatic carbocycles. The van der Waals surface area contributed by atoms with Crippen LogP contribution in [0.1, 0.15) is 6.92 Å². The van der Waals surface area contributed by atoms with Gasteiger partial charge < -0.3 is 10.6 Å². The summed E-state index contributed by atoms with van der Waals surface area (Å²) in [5, 5.41) is 16.0. The van der Waals surface area contributed by atoms with Crippen molar-refractivity contribution in [2.24, 2.45) is 0 Å². The zero-order valence-electron chi connectivity index (χ0n) is 9.50. The van der Waals surface area contributed by atoms with E-state index in [4.69, 9.17) is 0 Å². The number of carbonyl (C=O) groups excluding carboxylic acids is 1. The summed E-state index contributed by atoms with van der Waals surface area (Å²) in [6, 6.07) is 2.13. The summed E-state index contributed by atoms with van der Waals surface area (Å²) in [4.78, 5) is 20.7. The van der Waals surface area contributed by atoms with Crippen LogP contribution in [-0.2, 0) is 4.79 Å². The Balaban J connectivity index is 2.77. The van der Waals surface area contributed by atoms with Crippen molar-refractivity contribution in [3.63, 3.8) is 0 Å². The van der Waals surface area contributed by atoms with E-state index in [0.29, 0.717) is 13.1 Å². The van der Waals surface area contributed by atoms with Crippen molar-refractivity contribution in [2.75, 3.05) is 18.4 Å². The highest BCUT2D eigenvalue weighted by atomic mass is 79.9. The molecule has 98 valence electrons. The van der Waals surface area contributed by atoms with Gasteiger partial charge in [-0.3, -0.25) is 14.9 Å². The SMILES string of the molecule is CC(=O)NCCNc1cc(Br)c(F)cc1[N+](=O)[O-]. The molecule has 0 aromatic heterocycles. The smallest absolute Gasteiger partial charge is 0.295 e. The second kappa shape index (κ2) is 6.29. The maximum Gasteiger partial charge on any atom is 0.295 e. The topological polar surface area (TPSA) is 84.3 Å². The van der Waals surface area contributed by atoms with Crippen LogP contribution in [0.3, 0.4) is 0 Å². The fourth-order valence-electron chi connectivity index (χ4n) is 1.26. The molecule has 0 bridgehead atoms. The van der Waals surface area contributed by atoms with E-state index in [9.17, 15) is 19.3 Å². The standard InChI is InChI=1S/C10H11BrFN3O3/c1-6(16)13-2-3-14-9-4-7(11)8(12)5-10(9)15(17)18/h4-5,14H,2-3H2,1H3,(H,13,16). The predicted octanol–water partition coefficient (Wildman–Crippen LogP) is 2.04. The summed E-state index contributed by atoms with van der Waals surface area (Å²) in [5.41, 5.74) is -0.155. The Labute approximate surface area is 111 Å². The zero-order chi connectivity index (χ0) is 13.7. The third-order valence-electron chi connectivity index (χ3n) is 2.05. The van der Waals surface area contributed by atoms with Gasteiger partial charge in [0.15, 0.2) is 0 Å². The lowest BCUT2D eigenvalue weighted by Crippen LogP contribution is -2.26. The summed E-state index contributed by atoms with van der Waals surface area (Å²) < 4.78 is 13.3. The monoisotopic (exact) mass is 319 g/mol. The third kappa shape index (κ3) is 3.95. The third-order valence-corrected chi connectivity index (χ3v) is 2.66. The Morgan fingerprint density at radius 2 is 2.17 bits per heavy atom. The van der Waals surface area contributed by atoms with Crippen LogP contribution in [0.4, 0.5) is 15.8 Å². The first-order chi connectivity index (χ1) is 8.41. The number of nitrogens with zero attached hydrogens (tertiary/aromatic N) is 1. The summed E-state index contributed by atoms with van der Waals surface area (Å²) >= 11 is 2.95. The van der Waals surface area contributed by atoms with Crippen molar-refractivity contribution < 1.29 is 14.1 Å². The van der Waals surface area contributed by atoms with Crippen LogP contribution in [0.25, 0.3) is 0 Å². The van der Waals surface area contributed by atoms with E-state index in [2.05, 4.69) is 26.6 Å². The van der Waals surface area contributed by atoms with Gasteiger partial charge in [-0.1, -0.05) is 0 Å². The van der Waals surface area contributed by atoms with Gasteiger partial charge >= 0.3 is 0 Å². The van der Waals surface area contributed by atoms with Gasteiger partial charge in [-0.25, -0.2) is 4.39 Å². The van der Waals surface area contributed by atoms with E-state index in [-0.39, 0.29) is 21.8 Å². The lowest BCUT2D eigenvalue weighted by Gasteiger charge is -2.08. The van der Waals surface area contributed by atoms with Gasteiger partial charge in [0.2, 0.25) is 5.91 Å². The number of hydrogen-bond acceptors (Lipinski definition) is 4. The van der Waals surface area contributed by atoms with Crippen LogP contribution in [0, 0.1) is 15.9 Å². The number of carbonyl (C=O) groups is 1. The number of benzene rings is 1. The Kier molecular flexibility index (Phi) is 5.02. The van der Waals surface area contributed by atoms with E-state index >= 15 is 0 Å². The Morgan fingerprint density at radius 1 is 1.50 bits per heavy atom. The largest absolute Gasteiger partial charge is 0.378 e. The molecule has 18 heavy (non-hydrogen) atoms. The normalized spacial score (nSPS) is 9.94. The molecular formula is C10H11BrFN3O3. The second-order valence-corrected chi connectivity index (χ2v) is 4.30. The van der Waals surface area contributed by atoms with Crippen LogP contribution in [0.5, 0.6) is 0 Å². The van der Waals surface area contributed by atoms with Crippen LogP contribution >= 0.6 is 15.9 Å². The maximum atomic E-state index is 13.2. The highest BCUT2D eigenvalue weighted by Crippen LogP contribution is 2.30. The lowest BCUT2D eigenvalue weighted by atomic mass is 10.2. The molecule has 1 rings (SSSR count). The van der Waals surface area contributed by atoms with Crippen LogP contribution in [0.15, 0.2) is 16.6 Å². The number of anilines is 1. The van der Waals surface area contributed by atoms with Crippen molar-refractivity contribution in [2.45, 2.75) is 6.92 Å². The first-order valence-corrected chi connectivity index (χ1v) is 5.83. The summed E-state index contributed by atoms with van der Waals surface area (Å²) in [5.74, 6) is -0.888. The number of halogens is 2. The zero-order valence-corrected chi connectivity index (χ0v) is 11.1. The van der Waals surface area contributed by atoms with Gasteiger partial charge in [0, 0.05) is 20.0 Å². The predicted molar refractivity (Wildman–Crippen MR) is 67.9 cm³/mol. The first kappa shape index (κ1) is 14.4. The molecule has 1 aromatic rings. The van der Waals surface area contributed by atoms with Crippen molar-refractivity contribution in [1.29, 1.82) is 0 Å². The van der Waals surface area contributed by atoms with Crippen molar-refractivity contribution in [3.8, 4) is 0 Å². The molecule has 1 aromatic carbocycles. The first-order valence-electron chi connectivity index (χ1n) is 5.03. The van der Waals surface area contributed by atoms with Gasteiger partial charge in [0.1, 0.15) is 11.5 Å². The van der Waals surface area contributed by atoms with Gasteiger partial charge in [-0.15, -0.1) is 0 Å². The number of nitrogens with one attached hydrogen (secondary N) is 2. The van der Waals surface area contributed by atoms with Gasteiger partial charge in [-0.05, 0) is 22.0 Å². The Hall–Kier alpha value is -1.70. The fraction of sp³-hybridized carbons (Fsp3) is 0.300. The van der Waals surface area contributed by atoms with Crippen LogP contribution in [-0.4, -0.2) is 23.9 Å². The minimum Gasteiger partial charge on any atom is -0.378 e. The molecule has 6 nitrogen and oxygen atoms in total. The minimum absolute atomic E-state index is 0.134. The van der Waals surface area contributed by atoms with Crippen molar-refractivity contribution >= 4 is 33.2 Å². The molecule has 0 spiro atoms. The lowest BCUT2D eigenvalue weighted by molar-refractivity contribution is -0.384. The minimum atomic E-state index is -0.700. The number of hydrogen-bond donors (Lipinski definition) is 2. The van der Waals surface area contributed by atoms with Crippen LogP contribution in [0.2, 0.25) is 0 Å². The number of nitro groups is 1. The quantitative estimate of drug-likeness (QED) is 0.494. The molecular weight excluding hydrogens is 309 g/mol. The number of amides is 1. The van der Waals surface area contributed by atoms with E-state index in [1.165, 1.54) is 13.0 Å². The fourth-order valence-corrected chi connectivity index (χ4v) is 1.61. The summed E-state index contributed by atoms with van der Waals surface area (Å²) in [6.07, 6.45) is 0. The molecule has 0 aliphatic rings. The van der Waals surface area contributed by atoms with E-state index in [1.807, 2.05) is 0 Å². The Bertz CT molecular complexity index is 482. The average Bonchev–Trinajstić information content (AvgIpc) is 2.28. The molecule has 0 aliphatic heterocycles. The van der Waals surface area contributed by atoms with Crippen LogP contribution < -0.4 is 10.6 Å². The molecule has 0 radical (unpaired) electrons. The van der Waals surface area contributed by atoms with Gasteiger partial charge in [-0.2, -0.15) is 0 Å². The van der Waals surface area contributed by atoms with Gasteiger partial charge in [0.05, 0.1) is 15.5 Å². The molecule has 0 saturated heterocycles. The van der Waals surface area contributed by atoms with E-state index in [0.717, 1.165) is 6.07 Å². The highest BCUT2D eigenvalue weighted by molar-refractivity contribution is 9.10. The average molecular weight is 320 g/mol. The van der Waals surface area contributed by atoms with Crippen molar-refractivity contribution in [1.82, 2.24) is 5.32 Å². The second-order valence-electron chi connectivity index (χ2n) is 3.45. The van der Waals surface area contributed by atoms with Crippen molar-refractivity contribution in [3.05, 3.63) is 32.5 Å². The molecule has 8 heteroatoms. The molecule has 0 unspecified atom stereocenters. The van der Waals surface area contributed by atoms with E-state index in [1.54, 1.807) is 0 Å². The number of rotatable bonds is 5. The number of nitro benzene ring substituents is 1. The Morgan fingerprint density at radius 3 is 2.72 bits per heavy atom. The molecule has 0 heterocycles. The molecule has 0 fully saturated rings. The van der Waals surface area contributed by atoms with E-state index < -0.39 is 10.7 Å². The highest BCUT2D eigenvalue weighted by Gasteiger charge is 2.17.